The molecule has 35 heavy (non-hydrogen) atoms. The van der Waals surface area contributed by atoms with Crippen LogP contribution in [0.5, 0.6) is 0 Å². The molecule has 0 bridgehead atoms. The van der Waals surface area contributed by atoms with E-state index in [-0.39, 0.29) is 31.4 Å². The van der Waals surface area contributed by atoms with Gasteiger partial charge in [0.1, 0.15) is 18.1 Å². The number of carbonyl (C=O) groups excluding carboxylic acids is 3. The van der Waals surface area contributed by atoms with Crippen LogP contribution < -0.4 is 33.6 Å². The predicted molar refractivity (Wildman–Crippen MR) is 132 cm³/mol. The number of hydrogen-bond acceptors (Lipinski definition) is 7. The summed E-state index contributed by atoms with van der Waals surface area (Å²) in [5.41, 5.74) is 22.1. The molecule has 1 aliphatic rings. The lowest BCUT2D eigenvalue weighted by Crippen LogP contribution is -2.58. The highest BCUT2D eigenvalue weighted by Crippen LogP contribution is 2.20. The topological polar surface area (TPSA) is 232 Å². The summed E-state index contributed by atoms with van der Waals surface area (Å²) in [5.74, 6) is -2.96. The van der Waals surface area contributed by atoms with Crippen LogP contribution in [0.2, 0.25) is 0 Å². The smallest absolute Gasteiger partial charge is 0.326 e. The second kappa shape index (κ2) is 15.1. The minimum absolute atomic E-state index is 0.0900. The van der Waals surface area contributed by atoms with Crippen molar-refractivity contribution in [2.24, 2.45) is 33.8 Å². The second-order valence-electron chi connectivity index (χ2n) is 9.16. The first-order chi connectivity index (χ1) is 16.5. The molecule has 0 aromatic rings. The van der Waals surface area contributed by atoms with Crippen molar-refractivity contribution in [3.05, 3.63) is 0 Å². The van der Waals surface area contributed by atoms with Crippen LogP contribution in [0.4, 0.5) is 0 Å². The van der Waals surface area contributed by atoms with E-state index in [9.17, 15) is 24.3 Å². The fraction of sp³-hybridized carbons (Fsp3) is 0.773. The van der Waals surface area contributed by atoms with Gasteiger partial charge in [0.05, 0.1) is 6.04 Å². The number of carboxylic acids is 1. The van der Waals surface area contributed by atoms with Gasteiger partial charge in [-0.2, -0.15) is 0 Å². The summed E-state index contributed by atoms with van der Waals surface area (Å²) in [6.45, 7) is 4.57. The zero-order valence-electron chi connectivity index (χ0n) is 20.7. The highest BCUT2D eigenvalue weighted by Gasteiger charge is 2.38. The van der Waals surface area contributed by atoms with Gasteiger partial charge in [0.2, 0.25) is 17.7 Å². The SMILES string of the molecule is CC(C)C(NC(=O)C(N)CCCCN)C(=O)NC(CCCN=C(N)N)C(=O)N1CCCC1C(=O)O. The molecule has 200 valence electrons. The van der Waals surface area contributed by atoms with E-state index in [0.29, 0.717) is 38.6 Å². The van der Waals surface area contributed by atoms with Gasteiger partial charge in [-0.3, -0.25) is 19.4 Å². The maximum Gasteiger partial charge on any atom is 0.326 e. The molecule has 0 saturated carbocycles. The van der Waals surface area contributed by atoms with E-state index >= 15 is 0 Å². The summed E-state index contributed by atoms with van der Waals surface area (Å²) in [4.78, 5) is 55.7. The Morgan fingerprint density at radius 3 is 2.31 bits per heavy atom. The van der Waals surface area contributed by atoms with Gasteiger partial charge in [0.15, 0.2) is 5.96 Å². The van der Waals surface area contributed by atoms with Crippen LogP contribution in [0.15, 0.2) is 4.99 Å². The van der Waals surface area contributed by atoms with Gasteiger partial charge in [-0.25, -0.2) is 4.79 Å². The summed E-state index contributed by atoms with van der Waals surface area (Å²) < 4.78 is 0. The average molecular weight is 499 g/mol. The number of aliphatic carboxylic acids is 1. The molecule has 1 saturated heterocycles. The first-order valence-corrected chi connectivity index (χ1v) is 12.1. The number of unbranched alkanes of at least 4 members (excludes halogenated alkanes) is 1. The normalized spacial score (nSPS) is 18.0. The third kappa shape index (κ3) is 10.1. The maximum atomic E-state index is 13.2. The Balaban J connectivity index is 2.95. The zero-order chi connectivity index (χ0) is 26.5. The van der Waals surface area contributed by atoms with Gasteiger partial charge in [0.25, 0.3) is 0 Å². The summed E-state index contributed by atoms with van der Waals surface area (Å²) in [7, 11) is 0. The Hall–Kier alpha value is -2.93. The summed E-state index contributed by atoms with van der Waals surface area (Å²) in [6.07, 6.45) is 3.36. The number of aliphatic imine (C=N–C) groups is 1. The van der Waals surface area contributed by atoms with Crippen LogP contribution in [-0.2, 0) is 19.2 Å². The number of rotatable bonds is 15. The fourth-order valence-corrected chi connectivity index (χ4v) is 3.94. The Morgan fingerprint density at radius 2 is 1.74 bits per heavy atom. The van der Waals surface area contributed by atoms with Gasteiger partial charge in [-0.15, -0.1) is 0 Å². The summed E-state index contributed by atoms with van der Waals surface area (Å²) in [5, 5.41) is 14.9. The Kier molecular flexibility index (Phi) is 13.0. The van der Waals surface area contributed by atoms with Crippen molar-refractivity contribution in [1.29, 1.82) is 0 Å². The number of amides is 3. The number of hydrogen-bond donors (Lipinski definition) is 7. The highest BCUT2D eigenvalue weighted by molar-refractivity contribution is 5.94. The highest BCUT2D eigenvalue weighted by atomic mass is 16.4. The monoisotopic (exact) mass is 498 g/mol. The quantitative estimate of drug-likeness (QED) is 0.0765. The molecule has 13 nitrogen and oxygen atoms in total. The lowest BCUT2D eigenvalue weighted by molar-refractivity contribution is -0.149. The summed E-state index contributed by atoms with van der Waals surface area (Å²) in [6, 6.07) is -3.64. The maximum absolute atomic E-state index is 13.2. The Bertz CT molecular complexity index is 756. The van der Waals surface area contributed by atoms with E-state index < -0.39 is 47.9 Å². The van der Waals surface area contributed by atoms with Crippen molar-refractivity contribution in [3.8, 4) is 0 Å². The Morgan fingerprint density at radius 1 is 1.06 bits per heavy atom. The van der Waals surface area contributed by atoms with Crippen LogP contribution in [0.25, 0.3) is 0 Å². The van der Waals surface area contributed by atoms with Crippen LogP contribution >= 0.6 is 0 Å². The lowest BCUT2D eigenvalue weighted by atomic mass is 10.0. The number of likely N-dealkylation sites (tertiary alicyclic amines) is 1. The van der Waals surface area contributed by atoms with Crippen molar-refractivity contribution in [2.45, 2.75) is 83.0 Å². The second-order valence-corrected chi connectivity index (χ2v) is 9.16. The molecule has 1 heterocycles. The third-order valence-electron chi connectivity index (χ3n) is 5.93. The molecule has 4 unspecified atom stereocenters. The first-order valence-electron chi connectivity index (χ1n) is 12.1. The molecule has 1 rings (SSSR count). The molecular formula is C22H42N8O5. The van der Waals surface area contributed by atoms with Crippen LogP contribution in [0.1, 0.15) is 58.8 Å². The minimum Gasteiger partial charge on any atom is -0.480 e. The van der Waals surface area contributed by atoms with Crippen molar-refractivity contribution in [1.82, 2.24) is 15.5 Å². The van der Waals surface area contributed by atoms with Gasteiger partial charge in [0, 0.05) is 13.1 Å². The molecule has 0 aromatic heterocycles. The van der Waals surface area contributed by atoms with E-state index in [1.807, 2.05) is 0 Å². The minimum atomic E-state index is -1.09. The zero-order valence-corrected chi connectivity index (χ0v) is 20.7. The van der Waals surface area contributed by atoms with Gasteiger partial charge in [-0.05, 0) is 51.0 Å². The van der Waals surface area contributed by atoms with Crippen molar-refractivity contribution in [3.63, 3.8) is 0 Å². The molecule has 3 amide bonds. The first kappa shape index (κ1) is 30.1. The molecule has 1 aliphatic heterocycles. The number of nitrogens with zero attached hydrogens (tertiary/aromatic N) is 2. The molecule has 0 aliphatic carbocycles. The largest absolute Gasteiger partial charge is 0.480 e. The van der Waals surface area contributed by atoms with E-state index in [4.69, 9.17) is 22.9 Å². The van der Waals surface area contributed by atoms with Crippen LogP contribution in [0.3, 0.4) is 0 Å². The Labute approximate surface area is 206 Å². The van der Waals surface area contributed by atoms with Crippen molar-refractivity contribution < 1.29 is 24.3 Å². The van der Waals surface area contributed by atoms with E-state index in [1.54, 1.807) is 13.8 Å². The number of guanidine groups is 1. The average Bonchev–Trinajstić information content (AvgIpc) is 3.28. The van der Waals surface area contributed by atoms with Crippen LogP contribution in [0, 0.1) is 5.92 Å². The van der Waals surface area contributed by atoms with E-state index in [2.05, 4.69) is 15.6 Å². The van der Waals surface area contributed by atoms with E-state index in [0.717, 1.165) is 6.42 Å². The predicted octanol–water partition coefficient (Wildman–Crippen LogP) is -1.80. The van der Waals surface area contributed by atoms with Crippen LogP contribution in [-0.4, -0.2) is 83.5 Å². The van der Waals surface area contributed by atoms with Gasteiger partial charge >= 0.3 is 5.97 Å². The van der Waals surface area contributed by atoms with Gasteiger partial charge < -0.3 is 43.6 Å². The molecule has 11 N–H and O–H groups in total. The number of nitrogens with one attached hydrogen (secondary N) is 2. The van der Waals surface area contributed by atoms with Gasteiger partial charge in [-0.1, -0.05) is 20.3 Å². The fourth-order valence-electron chi connectivity index (χ4n) is 3.94. The molecule has 1 fully saturated rings. The van der Waals surface area contributed by atoms with Crippen molar-refractivity contribution in [2.75, 3.05) is 19.6 Å². The molecular weight excluding hydrogens is 456 g/mol. The van der Waals surface area contributed by atoms with E-state index in [1.165, 1.54) is 4.90 Å². The molecule has 0 radical (unpaired) electrons. The summed E-state index contributed by atoms with van der Waals surface area (Å²) >= 11 is 0. The molecule has 0 spiro atoms. The third-order valence-corrected chi connectivity index (χ3v) is 5.93. The van der Waals surface area contributed by atoms with Crippen molar-refractivity contribution >= 4 is 29.7 Å². The molecule has 13 heteroatoms. The number of nitrogens with two attached hydrogens (primary N) is 4. The standard InChI is InChI=1S/C22H42N8O5/c1-13(2)17(29-18(31)14(24)7-3-4-10-23)19(32)28-15(8-5-11-27-22(25)26)20(33)30-12-6-9-16(30)21(34)35/h13-17H,3-12,23-24H2,1-2H3,(H,28,32)(H,29,31)(H,34,35)(H4,25,26,27). The molecule has 0 aromatic carbocycles. The molecule has 4 atom stereocenters. The lowest BCUT2D eigenvalue weighted by Gasteiger charge is -2.30. The number of carboxylic acid groups (broad SMARTS) is 1. The number of carbonyl (C=O) groups is 4.